The van der Waals surface area contributed by atoms with Crippen molar-refractivity contribution in [2.75, 3.05) is 26.7 Å². The van der Waals surface area contributed by atoms with Gasteiger partial charge in [0.1, 0.15) is 0 Å². The van der Waals surface area contributed by atoms with E-state index in [-0.39, 0.29) is 30.9 Å². The zero-order valence-electron chi connectivity index (χ0n) is 9.96. The van der Waals surface area contributed by atoms with E-state index in [0.717, 1.165) is 0 Å². The van der Waals surface area contributed by atoms with Crippen LogP contribution in [-0.4, -0.2) is 49.4 Å². The highest BCUT2D eigenvalue weighted by atomic mass is 16.2. The summed E-state index contributed by atoms with van der Waals surface area (Å²) in [4.78, 5) is 24.1. The second kappa shape index (κ2) is 7.23. The number of nitrogens with zero attached hydrogens (tertiary/aromatic N) is 1. The number of hydrogen-bond acceptors (Lipinski definition) is 3. The number of rotatable bonds is 6. The molecule has 0 aliphatic carbocycles. The van der Waals surface area contributed by atoms with E-state index in [1.54, 1.807) is 11.9 Å². The first-order chi connectivity index (χ1) is 6.97. The average molecular weight is 215 g/mol. The van der Waals surface area contributed by atoms with Crippen LogP contribution in [0.5, 0.6) is 0 Å². The maximum absolute atomic E-state index is 11.3. The fourth-order valence-electron chi connectivity index (χ4n) is 0.845. The van der Waals surface area contributed by atoms with Gasteiger partial charge in [-0.1, -0.05) is 13.8 Å². The predicted molar refractivity (Wildman–Crippen MR) is 59.5 cm³/mol. The van der Waals surface area contributed by atoms with E-state index in [9.17, 15) is 9.59 Å². The molecule has 5 heteroatoms. The fraction of sp³-hybridized carbons (Fsp3) is 0.800. The maximum atomic E-state index is 11.3. The van der Waals surface area contributed by atoms with Crippen LogP contribution in [0.3, 0.4) is 0 Å². The Hall–Kier alpha value is -1.10. The van der Waals surface area contributed by atoms with Crippen LogP contribution in [0.4, 0.5) is 0 Å². The molecule has 0 heterocycles. The van der Waals surface area contributed by atoms with E-state index < -0.39 is 0 Å². The molecule has 0 aromatic rings. The molecule has 0 aromatic heterocycles. The molecule has 0 radical (unpaired) electrons. The Morgan fingerprint density at radius 3 is 2.33 bits per heavy atom. The zero-order valence-corrected chi connectivity index (χ0v) is 9.96. The topological polar surface area (TPSA) is 61.4 Å². The van der Waals surface area contributed by atoms with Crippen molar-refractivity contribution in [3.63, 3.8) is 0 Å². The van der Waals surface area contributed by atoms with Crippen molar-refractivity contribution >= 4 is 11.8 Å². The van der Waals surface area contributed by atoms with Gasteiger partial charge in [-0.25, -0.2) is 0 Å². The van der Waals surface area contributed by atoms with Crippen LogP contribution in [0.2, 0.25) is 0 Å². The first-order valence-electron chi connectivity index (χ1n) is 5.21. The summed E-state index contributed by atoms with van der Waals surface area (Å²) in [5.74, 6) is -0.225. The van der Waals surface area contributed by atoms with E-state index in [0.29, 0.717) is 6.54 Å². The number of nitrogens with one attached hydrogen (secondary N) is 2. The lowest BCUT2D eigenvalue weighted by Gasteiger charge is -2.15. The van der Waals surface area contributed by atoms with Gasteiger partial charge in [-0.3, -0.25) is 9.59 Å². The largest absolute Gasteiger partial charge is 0.346 e. The molecular weight excluding hydrogens is 194 g/mol. The SMILES string of the molecule is CCN(C)C(=O)CNC(=O)CNC(C)C. The third-order valence-corrected chi connectivity index (χ3v) is 2.01. The van der Waals surface area contributed by atoms with Gasteiger partial charge in [-0.2, -0.15) is 0 Å². The van der Waals surface area contributed by atoms with E-state index in [4.69, 9.17) is 0 Å². The van der Waals surface area contributed by atoms with Crippen molar-refractivity contribution in [2.24, 2.45) is 0 Å². The summed E-state index contributed by atoms with van der Waals surface area (Å²) < 4.78 is 0. The van der Waals surface area contributed by atoms with Crippen LogP contribution in [0.25, 0.3) is 0 Å². The van der Waals surface area contributed by atoms with Crippen LogP contribution in [-0.2, 0) is 9.59 Å². The molecule has 88 valence electrons. The molecule has 0 spiro atoms. The molecule has 0 rings (SSSR count). The van der Waals surface area contributed by atoms with E-state index in [1.165, 1.54) is 0 Å². The van der Waals surface area contributed by atoms with E-state index in [2.05, 4.69) is 10.6 Å². The quantitative estimate of drug-likeness (QED) is 0.632. The van der Waals surface area contributed by atoms with E-state index >= 15 is 0 Å². The predicted octanol–water partition coefficient (Wildman–Crippen LogP) is -0.421. The summed E-state index contributed by atoms with van der Waals surface area (Å²) in [6.45, 7) is 6.79. The highest BCUT2D eigenvalue weighted by molar-refractivity contribution is 5.85. The van der Waals surface area contributed by atoms with Crippen LogP contribution >= 0.6 is 0 Å². The molecule has 0 fully saturated rings. The van der Waals surface area contributed by atoms with Gasteiger partial charge in [0.05, 0.1) is 13.1 Å². The van der Waals surface area contributed by atoms with Gasteiger partial charge in [-0.15, -0.1) is 0 Å². The minimum atomic E-state index is -0.151. The Bertz CT molecular complexity index is 217. The summed E-state index contributed by atoms with van der Waals surface area (Å²) in [6.07, 6.45) is 0. The van der Waals surface area contributed by atoms with Gasteiger partial charge in [-0.05, 0) is 6.92 Å². The number of hydrogen-bond donors (Lipinski definition) is 2. The molecular formula is C10H21N3O2. The molecule has 0 aliphatic rings. The van der Waals surface area contributed by atoms with Crippen LogP contribution in [0.1, 0.15) is 20.8 Å². The second-order valence-electron chi connectivity index (χ2n) is 3.72. The fourth-order valence-corrected chi connectivity index (χ4v) is 0.845. The third-order valence-electron chi connectivity index (χ3n) is 2.01. The molecule has 2 amide bonds. The number of carbonyl (C=O) groups excluding carboxylic acids is 2. The van der Waals surface area contributed by atoms with Gasteiger partial charge in [0.15, 0.2) is 0 Å². The molecule has 0 unspecified atom stereocenters. The smallest absolute Gasteiger partial charge is 0.241 e. The van der Waals surface area contributed by atoms with Gasteiger partial charge < -0.3 is 15.5 Å². The summed E-state index contributed by atoms with van der Waals surface area (Å²) in [7, 11) is 1.71. The standard InChI is InChI=1S/C10H21N3O2/c1-5-13(4)10(15)7-12-9(14)6-11-8(2)3/h8,11H,5-7H2,1-4H3,(H,12,14). The highest BCUT2D eigenvalue weighted by Crippen LogP contribution is 1.81. The van der Waals surface area contributed by atoms with Crippen LogP contribution in [0.15, 0.2) is 0 Å². The van der Waals surface area contributed by atoms with Gasteiger partial charge in [0.2, 0.25) is 11.8 Å². The van der Waals surface area contributed by atoms with E-state index in [1.807, 2.05) is 20.8 Å². The van der Waals surface area contributed by atoms with Crippen molar-refractivity contribution in [1.82, 2.24) is 15.5 Å². The lowest BCUT2D eigenvalue weighted by Crippen LogP contribution is -2.42. The Labute approximate surface area is 91.2 Å². The first kappa shape index (κ1) is 13.9. The Balaban J connectivity index is 3.67. The van der Waals surface area contributed by atoms with Gasteiger partial charge in [0.25, 0.3) is 0 Å². The lowest BCUT2D eigenvalue weighted by atomic mass is 10.4. The number of amides is 2. The Morgan fingerprint density at radius 1 is 1.27 bits per heavy atom. The molecule has 0 bridgehead atoms. The first-order valence-corrected chi connectivity index (χ1v) is 5.21. The maximum Gasteiger partial charge on any atom is 0.241 e. The van der Waals surface area contributed by atoms with Crippen molar-refractivity contribution in [1.29, 1.82) is 0 Å². The molecule has 2 N–H and O–H groups in total. The lowest BCUT2D eigenvalue weighted by molar-refractivity contribution is -0.131. The molecule has 5 nitrogen and oxygen atoms in total. The van der Waals surface area contributed by atoms with Gasteiger partial charge >= 0.3 is 0 Å². The summed E-state index contributed by atoms with van der Waals surface area (Å²) in [5.41, 5.74) is 0. The molecule has 0 saturated heterocycles. The molecule has 0 saturated carbocycles. The number of carbonyl (C=O) groups is 2. The summed E-state index contributed by atoms with van der Waals surface area (Å²) in [5, 5.41) is 5.54. The minimum absolute atomic E-state index is 0.0724. The second-order valence-corrected chi connectivity index (χ2v) is 3.72. The van der Waals surface area contributed by atoms with Crippen molar-refractivity contribution in [2.45, 2.75) is 26.8 Å². The third kappa shape index (κ3) is 6.90. The molecule has 0 aromatic carbocycles. The normalized spacial score (nSPS) is 10.2. The molecule has 0 aliphatic heterocycles. The molecule has 0 atom stereocenters. The van der Waals surface area contributed by atoms with Crippen molar-refractivity contribution in [3.05, 3.63) is 0 Å². The Kier molecular flexibility index (Phi) is 6.70. The van der Waals surface area contributed by atoms with Crippen LogP contribution in [0, 0.1) is 0 Å². The zero-order chi connectivity index (χ0) is 11.8. The minimum Gasteiger partial charge on any atom is -0.346 e. The van der Waals surface area contributed by atoms with Crippen molar-refractivity contribution < 1.29 is 9.59 Å². The van der Waals surface area contributed by atoms with Gasteiger partial charge in [0, 0.05) is 19.6 Å². The monoisotopic (exact) mass is 215 g/mol. The van der Waals surface area contributed by atoms with Crippen molar-refractivity contribution in [3.8, 4) is 0 Å². The van der Waals surface area contributed by atoms with Crippen LogP contribution < -0.4 is 10.6 Å². The Morgan fingerprint density at radius 2 is 1.87 bits per heavy atom. The number of likely N-dealkylation sites (N-methyl/N-ethyl adjacent to an activating group) is 1. The average Bonchev–Trinajstić information content (AvgIpc) is 2.21. The molecule has 15 heavy (non-hydrogen) atoms. The summed E-state index contributed by atoms with van der Waals surface area (Å²) >= 11 is 0. The highest BCUT2D eigenvalue weighted by Gasteiger charge is 2.08. The summed E-state index contributed by atoms with van der Waals surface area (Å²) in [6, 6.07) is 0.268.